The lowest BCUT2D eigenvalue weighted by Crippen LogP contribution is -2.32. The van der Waals surface area contributed by atoms with Gasteiger partial charge in [-0.2, -0.15) is 0 Å². The van der Waals surface area contributed by atoms with Crippen molar-refractivity contribution in [3.05, 3.63) is 70.8 Å². The highest BCUT2D eigenvalue weighted by molar-refractivity contribution is 7.97. The SMILES string of the molecule is C#C.C[C@H]1CC[C@H](c2ccccc2)SN1Cc1cc(F)c(CC(N)=O)cc1F.OC1COC1. The van der Waals surface area contributed by atoms with Crippen molar-refractivity contribution in [1.29, 1.82) is 0 Å². The summed E-state index contributed by atoms with van der Waals surface area (Å²) < 4.78 is 35.3. The Morgan fingerprint density at radius 2 is 1.73 bits per heavy atom. The Morgan fingerprint density at radius 3 is 2.27 bits per heavy atom. The predicted molar refractivity (Wildman–Crippen MR) is 127 cm³/mol. The molecule has 2 fully saturated rings. The second-order valence-corrected chi connectivity index (χ2v) is 9.12. The molecular formula is C25H30F2N2O3S. The van der Waals surface area contributed by atoms with E-state index in [-0.39, 0.29) is 24.1 Å². The number of hydrogen-bond acceptors (Lipinski definition) is 5. The molecule has 2 aromatic carbocycles. The topological polar surface area (TPSA) is 75.8 Å². The van der Waals surface area contributed by atoms with Gasteiger partial charge >= 0.3 is 0 Å². The molecule has 2 aromatic rings. The van der Waals surface area contributed by atoms with Gasteiger partial charge in [-0.15, -0.1) is 12.8 Å². The normalized spacial score (nSPS) is 20.4. The van der Waals surface area contributed by atoms with Gasteiger partial charge < -0.3 is 15.6 Å². The van der Waals surface area contributed by atoms with Gasteiger partial charge in [-0.3, -0.25) is 4.79 Å². The maximum atomic E-state index is 14.4. The lowest BCUT2D eigenvalue weighted by molar-refractivity contribution is -0.117. The number of nitrogens with two attached hydrogens (primary N) is 1. The number of terminal acetylenes is 1. The van der Waals surface area contributed by atoms with Crippen molar-refractivity contribution in [3.8, 4) is 12.8 Å². The number of aliphatic hydroxyl groups is 1. The van der Waals surface area contributed by atoms with Gasteiger partial charge in [0.05, 0.1) is 19.6 Å². The summed E-state index contributed by atoms with van der Waals surface area (Å²) in [5, 5.41) is 8.64. The molecular weight excluding hydrogens is 446 g/mol. The number of aliphatic hydroxyl groups excluding tert-OH is 1. The maximum absolute atomic E-state index is 14.4. The van der Waals surface area contributed by atoms with Crippen LogP contribution in [0.3, 0.4) is 0 Å². The second-order valence-electron chi connectivity index (χ2n) is 7.88. The number of carbonyl (C=O) groups is 1. The summed E-state index contributed by atoms with van der Waals surface area (Å²) in [6, 6.07) is 12.8. The molecule has 0 aromatic heterocycles. The van der Waals surface area contributed by atoms with Crippen LogP contribution in [-0.2, 0) is 22.5 Å². The third-order valence-corrected chi connectivity index (χ3v) is 6.82. The summed E-state index contributed by atoms with van der Waals surface area (Å²) in [5.74, 6) is -1.77. The van der Waals surface area contributed by atoms with Crippen molar-refractivity contribution in [2.45, 2.75) is 50.1 Å². The molecule has 0 radical (unpaired) electrons. The van der Waals surface area contributed by atoms with Gasteiger partial charge in [0.2, 0.25) is 5.91 Å². The lowest BCUT2D eigenvalue weighted by Gasteiger charge is -2.37. The molecule has 4 rings (SSSR count). The van der Waals surface area contributed by atoms with Gasteiger partial charge in [-0.05, 0) is 37.5 Å². The number of rotatable bonds is 5. The van der Waals surface area contributed by atoms with Gasteiger partial charge in [0.25, 0.3) is 0 Å². The number of carbonyl (C=O) groups excluding carboxylic acids is 1. The van der Waals surface area contributed by atoms with Crippen molar-refractivity contribution >= 4 is 17.9 Å². The van der Waals surface area contributed by atoms with Crippen LogP contribution in [0.2, 0.25) is 0 Å². The van der Waals surface area contributed by atoms with E-state index in [1.54, 1.807) is 11.9 Å². The third kappa shape index (κ3) is 8.13. The van der Waals surface area contributed by atoms with Gasteiger partial charge in [-0.25, -0.2) is 13.1 Å². The average molecular weight is 477 g/mol. The fourth-order valence-corrected chi connectivity index (χ4v) is 4.78. The Kier molecular flexibility index (Phi) is 10.8. The number of ether oxygens (including phenoxy) is 1. The van der Waals surface area contributed by atoms with Gasteiger partial charge in [0, 0.05) is 29.0 Å². The first kappa shape index (κ1) is 26.8. The van der Waals surface area contributed by atoms with E-state index in [0.717, 1.165) is 18.9 Å². The summed E-state index contributed by atoms with van der Waals surface area (Å²) in [4.78, 5) is 11.0. The maximum Gasteiger partial charge on any atom is 0.221 e. The van der Waals surface area contributed by atoms with Crippen molar-refractivity contribution < 1.29 is 23.4 Å². The highest BCUT2D eigenvalue weighted by Gasteiger charge is 2.28. The van der Waals surface area contributed by atoms with Crippen molar-refractivity contribution in [1.82, 2.24) is 4.31 Å². The fourth-order valence-electron chi connectivity index (χ4n) is 3.41. The molecule has 33 heavy (non-hydrogen) atoms. The van der Waals surface area contributed by atoms with Gasteiger partial charge in [-0.1, -0.05) is 42.3 Å². The van der Waals surface area contributed by atoms with Gasteiger partial charge in [0.1, 0.15) is 17.7 Å². The number of hydrogen-bond donors (Lipinski definition) is 2. The molecule has 5 nitrogen and oxygen atoms in total. The van der Waals surface area contributed by atoms with Crippen LogP contribution in [0.15, 0.2) is 42.5 Å². The molecule has 2 aliphatic rings. The first-order chi connectivity index (χ1) is 15.8. The second kappa shape index (κ2) is 13.3. The van der Waals surface area contributed by atoms with Crippen LogP contribution in [0.25, 0.3) is 0 Å². The zero-order valence-electron chi connectivity index (χ0n) is 18.6. The van der Waals surface area contributed by atoms with E-state index >= 15 is 0 Å². The molecule has 0 saturated carbocycles. The first-order valence-corrected chi connectivity index (χ1v) is 11.5. The standard InChI is InChI=1S/C20H22F2N2OS.C3H6O2.C2H2/c1-13-7-8-19(14-5-3-2-4-6-14)26-24(13)12-16-10-17(21)15(9-18(16)22)11-20(23)25;4-3-1-5-2-3;1-2/h2-6,9-10,13,19H,7-8,11-12H2,1H3,(H2,23,25);3-4H,1-2H2;1-2H/t13-,19+;;/m0../s1. The number of nitrogens with zero attached hydrogens (tertiary/aromatic N) is 1. The Balaban J connectivity index is 0.000000477. The van der Waals surface area contributed by atoms with E-state index in [1.165, 1.54) is 11.6 Å². The predicted octanol–water partition coefficient (Wildman–Crippen LogP) is 3.99. The Labute approximate surface area is 198 Å². The van der Waals surface area contributed by atoms with Crippen molar-refractivity contribution in [3.63, 3.8) is 0 Å². The zero-order valence-corrected chi connectivity index (χ0v) is 19.4. The Bertz CT molecular complexity index is 923. The summed E-state index contributed by atoms with van der Waals surface area (Å²) in [6.45, 7) is 3.50. The lowest BCUT2D eigenvalue weighted by atomic mass is 10.0. The highest BCUT2D eigenvalue weighted by Crippen LogP contribution is 2.43. The van der Waals surface area contributed by atoms with Crippen LogP contribution in [0.4, 0.5) is 8.78 Å². The number of amides is 1. The molecule has 1 amide bonds. The van der Waals surface area contributed by atoms with Crippen LogP contribution in [0.5, 0.6) is 0 Å². The monoisotopic (exact) mass is 476 g/mol. The number of primary amides is 1. The summed E-state index contributed by atoms with van der Waals surface area (Å²) in [6.07, 6.45) is 9.60. The minimum atomic E-state index is -0.679. The number of benzene rings is 2. The Hall–Kier alpha value is -2.44. The molecule has 0 spiro atoms. The van der Waals surface area contributed by atoms with E-state index in [9.17, 15) is 13.6 Å². The highest BCUT2D eigenvalue weighted by atomic mass is 32.2. The summed E-state index contributed by atoms with van der Waals surface area (Å²) >= 11 is 1.69. The van der Waals surface area contributed by atoms with E-state index in [1.807, 2.05) is 18.2 Å². The summed E-state index contributed by atoms with van der Waals surface area (Å²) in [7, 11) is 0. The Morgan fingerprint density at radius 1 is 1.15 bits per heavy atom. The van der Waals surface area contributed by atoms with Crippen LogP contribution in [-0.4, -0.2) is 40.7 Å². The third-order valence-electron chi connectivity index (χ3n) is 5.30. The van der Waals surface area contributed by atoms with Crippen LogP contribution in [0, 0.1) is 24.5 Å². The van der Waals surface area contributed by atoms with Crippen LogP contribution in [0.1, 0.15) is 41.7 Å². The molecule has 8 heteroatoms. The fraction of sp³-hybridized carbons (Fsp3) is 0.400. The van der Waals surface area contributed by atoms with Gasteiger partial charge in [0.15, 0.2) is 0 Å². The van der Waals surface area contributed by atoms with Crippen LogP contribution >= 0.6 is 11.9 Å². The average Bonchev–Trinajstić information content (AvgIpc) is 2.79. The molecule has 3 N–H and O–H groups in total. The van der Waals surface area contributed by atoms with E-state index in [0.29, 0.717) is 30.6 Å². The zero-order chi connectivity index (χ0) is 24.4. The molecule has 2 heterocycles. The smallest absolute Gasteiger partial charge is 0.221 e. The molecule has 2 aliphatic heterocycles. The van der Waals surface area contributed by atoms with E-state index < -0.39 is 17.5 Å². The quantitative estimate of drug-likeness (QED) is 0.504. The largest absolute Gasteiger partial charge is 0.388 e. The minimum absolute atomic E-state index is 0.000239. The molecule has 0 aliphatic carbocycles. The molecule has 2 saturated heterocycles. The molecule has 0 unspecified atom stereocenters. The molecule has 2 atom stereocenters. The van der Waals surface area contributed by atoms with Crippen molar-refractivity contribution in [2.24, 2.45) is 5.73 Å². The summed E-state index contributed by atoms with van der Waals surface area (Å²) in [5.41, 5.74) is 6.62. The first-order valence-electron chi connectivity index (χ1n) is 10.7. The van der Waals surface area contributed by atoms with Crippen molar-refractivity contribution in [2.75, 3.05) is 13.2 Å². The minimum Gasteiger partial charge on any atom is -0.388 e. The number of halogens is 2. The van der Waals surface area contributed by atoms with Crippen LogP contribution < -0.4 is 5.73 Å². The van der Waals surface area contributed by atoms with E-state index in [4.69, 9.17) is 10.8 Å². The molecule has 178 valence electrons. The molecule has 0 bridgehead atoms. The van der Waals surface area contributed by atoms with E-state index in [2.05, 4.69) is 40.9 Å².